The van der Waals surface area contributed by atoms with Gasteiger partial charge in [0.25, 0.3) is 0 Å². The Morgan fingerprint density at radius 3 is 1.54 bits per heavy atom. The van der Waals surface area contributed by atoms with E-state index < -0.39 is 0 Å². The van der Waals surface area contributed by atoms with Crippen molar-refractivity contribution in [3.8, 4) is 67.1 Å². The van der Waals surface area contributed by atoms with Crippen LogP contribution in [-0.4, -0.2) is 0 Å². The van der Waals surface area contributed by atoms with E-state index in [1.165, 1.54) is 93.9 Å². The molecule has 1 spiro atoms. The Bertz CT molecular complexity index is 2940. The monoisotopic (exact) mass is 658 g/mol. The summed E-state index contributed by atoms with van der Waals surface area (Å²) in [5.74, 6) is 1.83. The van der Waals surface area contributed by atoms with E-state index in [-0.39, 0.29) is 5.41 Å². The first kappa shape index (κ1) is 28.0. The van der Waals surface area contributed by atoms with Gasteiger partial charge < -0.3 is 4.74 Å². The van der Waals surface area contributed by atoms with Crippen LogP contribution in [0, 0.1) is 0 Å². The SMILES string of the molecule is c1ccc2c(c1)Oc1ccc(-c3ccc4cc(-c5ccc6c(c5)C5(c7ccccc7-c7ccccc75)c5ccccc5-6)ccc4c3)c3cccc-2c13. The molecule has 0 fully saturated rings. The third kappa shape index (κ3) is 3.57. The lowest BCUT2D eigenvalue weighted by molar-refractivity contribution is 0.487. The van der Waals surface area contributed by atoms with Gasteiger partial charge in [0.2, 0.25) is 0 Å². The molecular weight excluding hydrogens is 629 g/mol. The Hall–Kier alpha value is -6.70. The second-order valence-electron chi connectivity index (χ2n) is 14.4. The summed E-state index contributed by atoms with van der Waals surface area (Å²) in [6.45, 7) is 0. The van der Waals surface area contributed by atoms with Crippen LogP contribution in [0.3, 0.4) is 0 Å². The minimum atomic E-state index is -0.341. The van der Waals surface area contributed by atoms with Crippen LogP contribution in [0.4, 0.5) is 0 Å². The number of hydrogen-bond acceptors (Lipinski definition) is 1. The molecule has 0 amide bonds. The molecule has 0 N–H and O–H groups in total. The fourth-order valence-corrected chi connectivity index (χ4v) is 9.70. The predicted molar refractivity (Wildman–Crippen MR) is 214 cm³/mol. The van der Waals surface area contributed by atoms with E-state index in [0.717, 1.165) is 17.1 Å². The molecule has 0 bridgehead atoms. The van der Waals surface area contributed by atoms with Crippen LogP contribution in [0.25, 0.3) is 77.2 Å². The minimum absolute atomic E-state index is 0.341. The molecule has 0 saturated carbocycles. The van der Waals surface area contributed by atoms with Gasteiger partial charge in [-0.1, -0.05) is 152 Å². The molecule has 1 heterocycles. The summed E-state index contributed by atoms with van der Waals surface area (Å²) in [4.78, 5) is 0. The first-order chi connectivity index (χ1) is 25.8. The van der Waals surface area contributed by atoms with E-state index in [1.54, 1.807) is 0 Å². The summed E-state index contributed by atoms with van der Waals surface area (Å²) >= 11 is 0. The Morgan fingerprint density at radius 1 is 0.308 bits per heavy atom. The van der Waals surface area contributed by atoms with Gasteiger partial charge in [0, 0.05) is 10.9 Å². The lowest BCUT2D eigenvalue weighted by Crippen LogP contribution is -2.25. The highest BCUT2D eigenvalue weighted by Crippen LogP contribution is 2.63. The highest BCUT2D eigenvalue weighted by molar-refractivity contribution is 6.10. The Morgan fingerprint density at radius 2 is 0.827 bits per heavy atom. The first-order valence-corrected chi connectivity index (χ1v) is 18.1. The van der Waals surface area contributed by atoms with Crippen LogP contribution in [0.15, 0.2) is 182 Å². The molecule has 52 heavy (non-hydrogen) atoms. The van der Waals surface area contributed by atoms with Crippen molar-refractivity contribution in [3.63, 3.8) is 0 Å². The summed E-state index contributed by atoms with van der Waals surface area (Å²) in [6.07, 6.45) is 0. The molecule has 12 rings (SSSR count). The molecule has 0 radical (unpaired) electrons. The molecule has 0 saturated heterocycles. The lowest BCUT2D eigenvalue weighted by atomic mass is 9.70. The number of benzene rings is 9. The van der Waals surface area contributed by atoms with E-state index in [9.17, 15) is 0 Å². The summed E-state index contributed by atoms with van der Waals surface area (Å²) in [5.41, 5.74) is 17.7. The normalized spacial score (nSPS) is 13.7. The maximum Gasteiger partial charge on any atom is 0.135 e. The van der Waals surface area contributed by atoms with Crippen LogP contribution in [0.5, 0.6) is 11.5 Å². The summed E-state index contributed by atoms with van der Waals surface area (Å²) in [7, 11) is 0. The van der Waals surface area contributed by atoms with Crippen molar-refractivity contribution in [2.24, 2.45) is 0 Å². The van der Waals surface area contributed by atoms with E-state index in [2.05, 4.69) is 176 Å². The summed E-state index contributed by atoms with van der Waals surface area (Å²) in [5, 5.41) is 4.85. The van der Waals surface area contributed by atoms with Crippen LogP contribution in [0.1, 0.15) is 22.3 Å². The molecule has 2 aliphatic carbocycles. The lowest BCUT2D eigenvalue weighted by Gasteiger charge is -2.30. The van der Waals surface area contributed by atoms with Gasteiger partial charge in [-0.2, -0.15) is 0 Å². The van der Waals surface area contributed by atoms with Crippen molar-refractivity contribution in [1.82, 2.24) is 0 Å². The van der Waals surface area contributed by atoms with Crippen molar-refractivity contribution in [2.75, 3.05) is 0 Å². The van der Waals surface area contributed by atoms with E-state index in [4.69, 9.17) is 4.74 Å². The van der Waals surface area contributed by atoms with Gasteiger partial charge >= 0.3 is 0 Å². The zero-order valence-corrected chi connectivity index (χ0v) is 28.2. The van der Waals surface area contributed by atoms with Gasteiger partial charge in [0.05, 0.1) is 5.41 Å². The van der Waals surface area contributed by atoms with Gasteiger partial charge in [0.1, 0.15) is 11.5 Å². The topological polar surface area (TPSA) is 9.23 Å². The number of rotatable bonds is 2. The second-order valence-corrected chi connectivity index (χ2v) is 14.4. The molecule has 0 unspecified atom stereocenters. The van der Waals surface area contributed by atoms with Crippen LogP contribution in [-0.2, 0) is 5.41 Å². The fourth-order valence-electron chi connectivity index (χ4n) is 9.70. The smallest absolute Gasteiger partial charge is 0.135 e. The largest absolute Gasteiger partial charge is 0.456 e. The quantitative estimate of drug-likeness (QED) is 0.180. The Labute approximate surface area is 302 Å². The van der Waals surface area contributed by atoms with Gasteiger partial charge in [-0.3, -0.25) is 0 Å². The van der Waals surface area contributed by atoms with Crippen LogP contribution < -0.4 is 4.74 Å². The minimum Gasteiger partial charge on any atom is -0.456 e. The molecule has 0 aromatic heterocycles. The summed E-state index contributed by atoms with van der Waals surface area (Å²) < 4.78 is 6.38. The molecule has 9 aromatic carbocycles. The molecule has 0 atom stereocenters. The number of hydrogen-bond donors (Lipinski definition) is 0. The van der Waals surface area contributed by atoms with Gasteiger partial charge in [-0.25, -0.2) is 0 Å². The van der Waals surface area contributed by atoms with Crippen molar-refractivity contribution >= 4 is 21.5 Å². The third-order valence-corrected chi connectivity index (χ3v) is 11.9. The highest BCUT2D eigenvalue weighted by Gasteiger charge is 2.51. The van der Waals surface area contributed by atoms with Crippen molar-refractivity contribution < 1.29 is 4.74 Å². The second kappa shape index (κ2) is 10.2. The highest BCUT2D eigenvalue weighted by atomic mass is 16.5. The molecule has 1 aliphatic heterocycles. The van der Waals surface area contributed by atoms with Crippen molar-refractivity contribution in [1.29, 1.82) is 0 Å². The van der Waals surface area contributed by atoms with Gasteiger partial charge in [-0.05, 0) is 119 Å². The molecule has 1 heteroatoms. The first-order valence-electron chi connectivity index (χ1n) is 18.1. The predicted octanol–water partition coefficient (Wildman–Crippen LogP) is 13.4. The molecule has 3 aliphatic rings. The zero-order valence-electron chi connectivity index (χ0n) is 28.2. The van der Waals surface area contributed by atoms with Crippen molar-refractivity contribution in [3.05, 3.63) is 204 Å². The average molecular weight is 659 g/mol. The molecular formula is C51H30O. The molecule has 9 aromatic rings. The average Bonchev–Trinajstić information content (AvgIpc) is 3.68. The Balaban J connectivity index is 0.990. The van der Waals surface area contributed by atoms with E-state index in [1.807, 2.05) is 6.07 Å². The standard InChI is InChI=1S/C51H30O/c1-5-16-44-37(10-1)38-11-2-6-17-45(38)51(44)46-18-7-3-12-39(46)40-25-24-34(30-47(40)51)32-20-21-33-29-35(23-22-31(33)28-32)36-26-27-49-50-42(36)14-9-15-43(50)41-13-4-8-19-48(41)52-49/h1-30H. The van der Waals surface area contributed by atoms with Crippen LogP contribution in [0.2, 0.25) is 0 Å². The fraction of sp³-hybridized carbons (Fsp3) is 0.0196. The zero-order chi connectivity index (χ0) is 34.0. The number of fused-ring (bicyclic) bond motifs is 13. The third-order valence-electron chi connectivity index (χ3n) is 11.9. The molecule has 240 valence electrons. The number of ether oxygens (including phenoxy) is 1. The summed E-state index contributed by atoms with van der Waals surface area (Å²) in [6, 6.07) is 67.3. The molecule has 1 nitrogen and oxygen atoms in total. The van der Waals surface area contributed by atoms with Crippen molar-refractivity contribution in [2.45, 2.75) is 5.41 Å². The van der Waals surface area contributed by atoms with Gasteiger partial charge in [-0.15, -0.1) is 0 Å². The maximum absolute atomic E-state index is 6.38. The van der Waals surface area contributed by atoms with E-state index in [0.29, 0.717) is 0 Å². The van der Waals surface area contributed by atoms with Crippen LogP contribution >= 0.6 is 0 Å². The Kier molecular flexibility index (Phi) is 5.49. The van der Waals surface area contributed by atoms with E-state index >= 15 is 0 Å². The number of para-hydroxylation sites is 1. The van der Waals surface area contributed by atoms with Gasteiger partial charge in [0.15, 0.2) is 0 Å². The maximum atomic E-state index is 6.38.